The van der Waals surface area contributed by atoms with E-state index < -0.39 is 5.82 Å². The molecule has 3 unspecified atom stereocenters. The van der Waals surface area contributed by atoms with Gasteiger partial charge in [-0.1, -0.05) is 24.3 Å². The second kappa shape index (κ2) is 9.68. The Hall–Kier alpha value is -4.05. The molecule has 0 radical (unpaired) electrons. The maximum Gasteiger partial charge on any atom is 0.234 e. The molecule has 0 spiro atoms. The van der Waals surface area contributed by atoms with E-state index >= 15 is 0 Å². The summed E-state index contributed by atoms with van der Waals surface area (Å²) in [4.78, 5) is 28.9. The lowest BCUT2D eigenvalue weighted by atomic mass is 9.87. The quantitative estimate of drug-likeness (QED) is 0.442. The number of imide groups is 1. The number of nitrogens with two attached hydrogens (primary N) is 1. The Bertz CT molecular complexity index is 1400. The largest absolute Gasteiger partial charge is 0.507 e. The fourth-order valence-corrected chi connectivity index (χ4v) is 6.14. The predicted molar refractivity (Wildman–Crippen MR) is 140 cm³/mol. The second-order valence-corrected chi connectivity index (χ2v) is 10.3. The number of amides is 2. The third-order valence-corrected chi connectivity index (χ3v) is 8.03. The first-order chi connectivity index (χ1) is 18.4. The number of nitrogen functional groups attached to an aromatic ring is 1. The van der Waals surface area contributed by atoms with Gasteiger partial charge in [-0.2, -0.15) is 0 Å². The number of piperazine rings is 1. The van der Waals surface area contributed by atoms with Gasteiger partial charge in [0.25, 0.3) is 0 Å². The number of phenols is 1. The summed E-state index contributed by atoms with van der Waals surface area (Å²) in [6.07, 6.45) is 2.96. The lowest BCUT2D eigenvalue weighted by molar-refractivity contribution is -0.134. The van der Waals surface area contributed by atoms with Gasteiger partial charge in [-0.25, -0.2) is 4.39 Å². The number of benzene rings is 2. The molecule has 38 heavy (non-hydrogen) atoms. The maximum absolute atomic E-state index is 13.8. The molecular formula is C28H29FN6O3. The number of nitrogens with zero attached hydrogens (tertiary/aromatic N) is 4. The summed E-state index contributed by atoms with van der Waals surface area (Å²) >= 11 is 0. The molecule has 3 aromatic rings. The Balaban J connectivity index is 1.23. The SMILES string of the molecule is Nc1nnc(-c2cc(F)ccc2O)cc1N1CC2CCC(C1)N2Cc1ccccc1C1CCC(=O)NC1=O. The van der Waals surface area contributed by atoms with Crippen LogP contribution in [0.3, 0.4) is 0 Å². The van der Waals surface area contributed by atoms with Crippen LogP contribution in [-0.4, -0.2) is 57.2 Å². The molecule has 2 bridgehead atoms. The van der Waals surface area contributed by atoms with Crippen molar-refractivity contribution in [3.63, 3.8) is 0 Å². The molecule has 3 aliphatic heterocycles. The number of hydrogen-bond acceptors (Lipinski definition) is 8. The van der Waals surface area contributed by atoms with E-state index in [1.807, 2.05) is 18.2 Å². The standard InChI is InChI=1S/C28H29FN6O3/c29-17-5-9-25(36)22(11-17)23-12-24(27(30)33-32-23)34-14-18-6-7-19(15-34)35(18)13-16-3-1-2-4-20(16)21-8-10-26(37)31-28(21)38/h1-5,9,11-12,18-19,21,36H,6-8,10,13-15H2,(H2,30,33)(H,31,37,38). The summed E-state index contributed by atoms with van der Waals surface area (Å²) in [5.41, 5.74) is 9.68. The highest BCUT2D eigenvalue weighted by Gasteiger charge is 2.41. The summed E-state index contributed by atoms with van der Waals surface area (Å²) in [7, 11) is 0. The predicted octanol–water partition coefficient (Wildman–Crippen LogP) is 2.94. The van der Waals surface area contributed by atoms with Crippen LogP contribution in [0.5, 0.6) is 5.75 Å². The van der Waals surface area contributed by atoms with E-state index in [1.165, 1.54) is 18.2 Å². The minimum atomic E-state index is -0.470. The molecule has 9 nitrogen and oxygen atoms in total. The first-order valence-electron chi connectivity index (χ1n) is 12.9. The molecule has 3 atom stereocenters. The maximum atomic E-state index is 13.8. The van der Waals surface area contributed by atoms with Gasteiger partial charge in [-0.3, -0.25) is 19.8 Å². The van der Waals surface area contributed by atoms with Gasteiger partial charge in [0, 0.05) is 43.7 Å². The van der Waals surface area contributed by atoms with Gasteiger partial charge >= 0.3 is 0 Å². The average molecular weight is 517 g/mol. The summed E-state index contributed by atoms with van der Waals surface area (Å²) in [5, 5.41) is 20.9. The number of halogens is 1. The first kappa shape index (κ1) is 24.3. The first-order valence-corrected chi connectivity index (χ1v) is 12.9. The topological polar surface area (TPSA) is 125 Å². The van der Waals surface area contributed by atoms with Crippen molar-refractivity contribution in [2.45, 2.75) is 50.2 Å². The highest BCUT2D eigenvalue weighted by Crippen LogP contribution is 2.38. The van der Waals surface area contributed by atoms with Crippen molar-refractivity contribution in [2.75, 3.05) is 23.7 Å². The smallest absolute Gasteiger partial charge is 0.234 e. The number of carbonyl (C=O) groups is 2. The van der Waals surface area contributed by atoms with Crippen LogP contribution in [-0.2, 0) is 16.1 Å². The lowest BCUT2D eigenvalue weighted by Gasteiger charge is -2.42. The number of anilines is 2. The number of nitrogens with one attached hydrogen (secondary N) is 1. The average Bonchev–Trinajstić information content (AvgIpc) is 3.12. The zero-order chi connectivity index (χ0) is 26.4. The summed E-state index contributed by atoms with van der Waals surface area (Å²) in [5.74, 6) is -0.997. The molecule has 0 aliphatic carbocycles. The monoisotopic (exact) mass is 516 g/mol. The summed E-state index contributed by atoms with van der Waals surface area (Å²) < 4.78 is 13.8. The highest BCUT2D eigenvalue weighted by molar-refractivity contribution is 6.01. The fraction of sp³-hybridized carbons (Fsp3) is 0.357. The normalized spacial score (nSPS) is 23.5. The van der Waals surface area contributed by atoms with Gasteiger partial charge in [0.15, 0.2) is 5.82 Å². The number of hydrogen-bond donors (Lipinski definition) is 3. The minimum Gasteiger partial charge on any atom is -0.507 e. The number of fused-ring (bicyclic) bond motifs is 2. The van der Waals surface area contributed by atoms with E-state index in [2.05, 4.69) is 31.4 Å². The van der Waals surface area contributed by atoms with Crippen molar-refractivity contribution in [1.29, 1.82) is 0 Å². The highest BCUT2D eigenvalue weighted by atomic mass is 19.1. The molecule has 2 aromatic carbocycles. The Morgan fingerprint density at radius 3 is 2.55 bits per heavy atom. The van der Waals surface area contributed by atoms with Crippen molar-refractivity contribution in [1.82, 2.24) is 20.4 Å². The van der Waals surface area contributed by atoms with E-state index in [4.69, 9.17) is 5.73 Å². The molecule has 196 valence electrons. The molecule has 3 saturated heterocycles. The van der Waals surface area contributed by atoms with Crippen LogP contribution in [0.4, 0.5) is 15.9 Å². The Morgan fingerprint density at radius 1 is 1.03 bits per heavy atom. The third-order valence-electron chi connectivity index (χ3n) is 8.03. The van der Waals surface area contributed by atoms with E-state index in [9.17, 15) is 19.1 Å². The van der Waals surface area contributed by atoms with Crippen molar-refractivity contribution in [3.05, 3.63) is 65.5 Å². The van der Waals surface area contributed by atoms with Gasteiger partial charge in [0.05, 0.1) is 17.3 Å². The molecule has 0 saturated carbocycles. The van der Waals surface area contributed by atoms with Crippen LogP contribution in [0, 0.1) is 5.82 Å². The Labute approximate surface area is 219 Å². The van der Waals surface area contributed by atoms with Crippen molar-refractivity contribution in [3.8, 4) is 17.0 Å². The van der Waals surface area contributed by atoms with Gasteiger partial charge < -0.3 is 15.7 Å². The van der Waals surface area contributed by atoms with Crippen molar-refractivity contribution in [2.24, 2.45) is 0 Å². The molecule has 3 fully saturated rings. The van der Waals surface area contributed by atoms with E-state index in [-0.39, 0.29) is 41.1 Å². The minimum absolute atomic E-state index is 0.0732. The molecule has 10 heteroatoms. The van der Waals surface area contributed by atoms with Crippen LogP contribution in [0.25, 0.3) is 11.3 Å². The van der Waals surface area contributed by atoms with E-state index in [0.29, 0.717) is 24.4 Å². The zero-order valence-electron chi connectivity index (χ0n) is 20.8. The Morgan fingerprint density at radius 2 is 1.79 bits per heavy atom. The van der Waals surface area contributed by atoms with Crippen LogP contribution < -0.4 is 16.0 Å². The molecular weight excluding hydrogens is 487 g/mol. The number of phenolic OH excluding ortho intramolecular Hbond substituents is 1. The van der Waals surface area contributed by atoms with Gasteiger partial charge in [-0.05, 0) is 54.7 Å². The fourth-order valence-electron chi connectivity index (χ4n) is 6.14. The second-order valence-electron chi connectivity index (χ2n) is 10.3. The van der Waals surface area contributed by atoms with Crippen LogP contribution >= 0.6 is 0 Å². The number of aromatic hydroxyl groups is 1. The van der Waals surface area contributed by atoms with Crippen LogP contribution in [0.15, 0.2) is 48.5 Å². The molecule has 1 aromatic heterocycles. The molecule has 3 aliphatic rings. The van der Waals surface area contributed by atoms with Crippen LogP contribution in [0.1, 0.15) is 42.7 Å². The number of aromatic nitrogens is 2. The molecule has 4 N–H and O–H groups in total. The number of rotatable bonds is 5. The van der Waals surface area contributed by atoms with Crippen molar-refractivity contribution >= 4 is 23.3 Å². The summed E-state index contributed by atoms with van der Waals surface area (Å²) in [6, 6.07) is 14.1. The molecule has 2 amide bonds. The number of carbonyl (C=O) groups excluding carboxylic acids is 2. The molecule has 4 heterocycles. The number of piperidine rings is 1. The summed E-state index contributed by atoms with van der Waals surface area (Å²) in [6.45, 7) is 2.20. The zero-order valence-corrected chi connectivity index (χ0v) is 20.8. The van der Waals surface area contributed by atoms with E-state index in [1.54, 1.807) is 6.07 Å². The van der Waals surface area contributed by atoms with Gasteiger partial charge in [0.1, 0.15) is 11.6 Å². The molecule has 6 rings (SSSR count). The third kappa shape index (κ3) is 4.45. The lowest BCUT2D eigenvalue weighted by Crippen LogP contribution is -2.53. The Kier molecular flexibility index (Phi) is 6.19. The van der Waals surface area contributed by atoms with Gasteiger partial charge in [-0.15, -0.1) is 10.2 Å². The van der Waals surface area contributed by atoms with Gasteiger partial charge in [0.2, 0.25) is 11.8 Å². The van der Waals surface area contributed by atoms with Crippen molar-refractivity contribution < 1.29 is 19.1 Å². The van der Waals surface area contributed by atoms with E-state index in [0.717, 1.165) is 49.3 Å². The van der Waals surface area contributed by atoms with Crippen LogP contribution in [0.2, 0.25) is 0 Å².